The van der Waals surface area contributed by atoms with Gasteiger partial charge < -0.3 is 20.4 Å². The Balaban J connectivity index is 1.61. The van der Waals surface area contributed by atoms with Crippen LogP contribution in [0.3, 0.4) is 0 Å². The molecule has 0 bridgehead atoms. The molecule has 0 aromatic heterocycles. The van der Waals surface area contributed by atoms with Crippen molar-refractivity contribution in [3.63, 3.8) is 0 Å². The summed E-state index contributed by atoms with van der Waals surface area (Å²) in [4.78, 5) is 24.3. The number of primary amides is 1. The second kappa shape index (κ2) is 9.42. The van der Waals surface area contributed by atoms with Crippen LogP contribution >= 0.6 is 0 Å². The molecule has 10 heteroatoms. The second-order valence-corrected chi connectivity index (χ2v) is 9.43. The van der Waals surface area contributed by atoms with Crippen molar-refractivity contribution in [2.75, 3.05) is 0 Å². The summed E-state index contributed by atoms with van der Waals surface area (Å²) in [5.74, 6) is -1.23. The minimum absolute atomic E-state index is 0.164. The zero-order chi connectivity index (χ0) is 25.3. The number of benzene rings is 2. The third-order valence-electron chi connectivity index (χ3n) is 6.27. The fraction of sp³-hybridized carbons (Fsp3) is 0.417. The maximum Gasteiger partial charge on any atom is 0.494 e. The van der Waals surface area contributed by atoms with Crippen LogP contribution in [0.1, 0.15) is 44.4 Å². The van der Waals surface area contributed by atoms with Gasteiger partial charge in [-0.3, -0.25) is 9.59 Å². The minimum atomic E-state index is -4.45. The van der Waals surface area contributed by atoms with Gasteiger partial charge in [0.25, 0.3) is 0 Å². The lowest BCUT2D eigenvalue weighted by Gasteiger charge is -2.32. The van der Waals surface area contributed by atoms with E-state index in [4.69, 9.17) is 15.0 Å². The summed E-state index contributed by atoms with van der Waals surface area (Å²) < 4.78 is 50.1. The molecule has 0 unspecified atom stereocenters. The van der Waals surface area contributed by atoms with E-state index in [2.05, 4.69) is 5.32 Å². The molecule has 2 aromatic carbocycles. The van der Waals surface area contributed by atoms with Crippen LogP contribution in [-0.4, -0.2) is 36.2 Å². The Bertz CT molecular complexity index is 1020. The van der Waals surface area contributed by atoms with Crippen molar-refractivity contribution in [1.82, 2.24) is 5.32 Å². The van der Waals surface area contributed by atoms with E-state index < -0.39 is 47.9 Å². The van der Waals surface area contributed by atoms with Crippen LogP contribution in [0.5, 0.6) is 0 Å². The van der Waals surface area contributed by atoms with E-state index in [9.17, 15) is 22.8 Å². The normalized spacial score (nSPS) is 17.9. The summed E-state index contributed by atoms with van der Waals surface area (Å²) in [5.41, 5.74) is 5.71. The van der Waals surface area contributed by atoms with Gasteiger partial charge in [0, 0.05) is 6.42 Å². The molecule has 0 radical (unpaired) electrons. The molecule has 6 nitrogen and oxygen atoms in total. The Labute approximate surface area is 197 Å². The van der Waals surface area contributed by atoms with Crippen molar-refractivity contribution < 1.29 is 32.1 Å². The Kier molecular flexibility index (Phi) is 7.14. The predicted molar refractivity (Wildman–Crippen MR) is 122 cm³/mol. The van der Waals surface area contributed by atoms with Gasteiger partial charge in [0.05, 0.1) is 23.2 Å². The van der Waals surface area contributed by atoms with Gasteiger partial charge in [0.2, 0.25) is 11.8 Å². The Hall–Kier alpha value is -2.85. The lowest BCUT2D eigenvalue weighted by Crippen LogP contribution is -2.46. The van der Waals surface area contributed by atoms with E-state index in [1.807, 2.05) is 39.8 Å². The highest BCUT2D eigenvalue weighted by Gasteiger charge is 2.51. The number of halogens is 3. The second-order valence-electron chi connectivity index (χ2n) is 9.43. The molecule has 2 amide bonds. The van der Waals surface area contributed by atoms with Crippen LogP contribution in [0.25, 0.3) is 0 Å². The van der Waals surface area contributed by atoms with Crippen molar-refractivity contribution >= 4 is 24.4 Å². The number of alkyl halides is 3. The van der Waals surface area contributed by atoms with Gasteiger partial charge in [-0.05, 0) is 56.4 Å². The van der Waals surface area contributed by atoms with E-state index >= 15 is 0 Å². The first kappa shape index (κ1) is 25.8. The van der Waals surface area contributed by atoms with Crippen LogP contribution < -0.4 is 16.5 Å². The zero-order valence-corrected chi connectivity index (χ0v) is 19.5. The number of hydrogen-bond donors (Lipinski definition) is 2. The molecule has 1 saturated heterocycles. The highest BCUT2D eigenvalue weighted by Crippen LogP contribution is 2.36. The summed E-state index contributed by atoms with van der Waals surface area (Å²) in [6.45, 7) is 7.86. The molecule has 1 heterocycles. The molecule has 0 aliphatic carbocycles. The topological polar surface area (TPSA) is 90.6 Å². The summed E-state index contributed by atoms with van der Waals surface area (Å²) in [6.07, 6.45) is -4.46. The number of nitrogens with two attached hydrogens (primary N) is 1. The average Bonchev–Trinajstić information content (AvgIpc) is 2.94. The van der Waals surface area contributed by atoms with E-state index in [1.54, 1.807) is 12.1 Å². The first-order chi connectivity index (χ1) is 15.7. The molecule has 1 aliphatic rings. The lowest BCUT2D eigenvalue weighted by molar-refractivity contribution is -0.137. The smallest absolute Gasteiger partial charge is 0.399 e. The molecule has 0 spiro atoms. The van der Waals surface area contributed by atoms with Gasteiger partial charge in [0.1, 0.15) is 6.04 Å². The van der Waals surface area contributed by atoms with Crippen molar-refractivity contribution in [2.24, 2.45) is 5.73 Å². The highest BCUT2D eigenvalue weighted by atomic mass is 19.4. The molecule has 3 N–H and O–H groups in total. The van der Waals surface area contributed by atoms with Gasteiger partial charge in [-0.15, -0.1) is 0 Å². The SMILES string of the molecule is CC1(C)OB(c2ccc(C[C@@H](NC(=O)Cc3ccc(C(F)(F)F)cc3)C(N)=O)cc2)OC1(C)C. The van der Waals surface area contributed by atoms with Crippen LogP contribution in [0, 0.1) is 0 Å². The fourth-order valence-electron chi connectivity index (χ4n) is 3.49. The van der Waals surface area contributed by atoms with Gasteiger partial charge in [-0.2, -0.15) is 13.2 Å². The molecule has 0 saturated carbocycles. The summed E-state index contributed by atoms with van der Waals surface area (Å²) in [6, 6.07) is 10.6. The van der Waals surface area contributed by atoms with Crippen LogP contribution in [0.15, 0.2) is 48.5 Å². The standard InChI is InChI=1S/C24H28BF3N2O4/c1-22(2)23(3,4)34-25(33-22)18-11-7-15(8-12-18)13-19(21(29)32)30-20(31)14-16-5-9-17(10-6-16)24(26,27)28/h5-12,19H,13-14H2,1-4H3,(H2,29,32)(H,30,31)/t19-/m1/s1. The molecular weight excluding hydrogens is 448 g/mol. The summed E-state index contributed by atoms with van der Waals surface area (Å²) in [5, 5.41) is 2.56. The molecule has 2 aromatic rings. The number of carbonyl (C=O) groups is 2. The first-order valence-corrected chi connectivity index (χ1v) is 10.9. The Morgan fingerprint density at radius 3 is 1.91 bits per heavy atom. The zero-order valence-electron chi connectivity index (χ0n) is 19.5. The molecular formula is C24H28BF3N2O4. The Morgan fingerprint density at radius 1 is 0.941 bits per heavy atom. The van der Waals surface area contributed by atoms with Crippen molar-refractivity contribution in [1.29, 1.82) is 0 Å². The van der Waals surface area contributed by atoms with E-state index in [1.165, 1.54) is 12.1 Å². The van der Waals surface area contributed by atoms with E-state index in [-0.39, 0.29) is 12.8 Å². The van der Waals surface area contributed by atoms with E-state index in [0.29, 0.717) is 5.56 Å². The maximum absolute atomic E-state index is 12.7. The molecule has 182 valence electrons. The quantitative estimate of drug-likeness (QED) is 0.602. The first-order valence-electron chi connectivity index (χ1n) is 10.9. The maximum atomic E-state index is 12.7. The molecule has 34 heavy (non-hydrogen) atoms. The lowest BCUT2D eigenvalue weighted by atomic mass is 9.78. The van der Waals surface area contributed by atoms with Crippen LogP contribution in [-0.2, 0) is 37.9 Å². The van der Waals surface area contributed by atoms with Crippen molar-refractivity contribution in [2.45, 2.75) is 64.0 Å². The molecule has 1 aliphatic heterocycles. The number of amides is 2. The molecule has 3 rings (SSSR count). The highest BCUT2D eigenvalue weighted by molar-refractivity contribution is 6.62. The molecule has 1 fully saturated rings. The fourth-order valence-corrected chi connectivity index (χ4v) is 3.49. The van der Waals surface area contributed by atoms with Crippen molar-refractivity contribution in [3.8, 4) is 0 Å². The average molecular weight is 476 g/mol. The summed E-state index contributed by atoms with van der Waals surface area (Å²) >= 11 is 0. The number of nitrogens with one attached hydrogen (secondary N) is 1. The largest absolute Gasteiger partial charge is 0.494 e. The number of carbonyl (C=O) groups excluding carboxylic acids is 2. The van der Waals surface area contributed by atoms with Gasteiger partial charge in [-0.25, -0.2) is 0 Å². The Morgan fingerprint density at radius 2 is 1.44 bits per heavy atom. The summed E-state index contributed by atoms with van der Waals surface area (Å²) in [7, 11) is -0.519. The monoisotopic (exact) mass is 476 g/mol. The predicted octanol–water partition coefficient (Wildman–Crippen LogP) is 2.76. The van der Waals surface area contributed by atoms with Gasteiger partial charge in [-0.1, -0.05) is 36.4 Å². The van der Waals surface area contributed by atoms with Crippen LogP contribution in [0.4, 0.5) is 13.2 Å². The van der Waals surface area contributed by atoms with Gasteiger partial charge >= 0.3 is 13.3 Å². The van der Waals surface area contributed by atoms with Crippen LogP contribution in [0.2, 0.25) is 0 Å². The third-order valence-corrected chi connectivity index (χ3v) is 6.27. The number of hydrogen-bond acceptors (Lipinski definition) is 4. The van der Waals surface area contributed by atoms with Crippen molar-refractivity contribution in [3.05, 3.63) is 65.2 Å². The van der Waals surface area contributed by atoms with E-state index in [0.717, 1.165) is 23.2 Å². The third kappa shape index (κ3) is 5.98. The molecule has 1 atom stereocenters. The minimum Gasteiger partial charge on any atom is -0.399 e. The van der Waals surface area contributed by atoms with Gasteiger partial charge in [0.15, 0.2) is 0 Å². The number of rotatable bonds is 7.